The van der Waals surface area contributed by atoms with Gasteiger partial charge < -0.3 is 10.2 Å². The molecule has 12 heteroatoms. The van der Waals surface area contributed by atoms with Crippen LogP contribution in [-0.2, 0) is 13.6 Å². The molecule has 0 radical (unpaired) electrons. The molecule has 1 N–H and O–H groups in total. The molecule has 0 saturated carbocycles. The maximum atomic E-state index is 14.0. The lowest BCUT2D eigenvalue weighted by molar-refractivity contribution is -0.173. The average molecular weight is 546 g/mol. The summed E-state index contributed by atoms with van der Waals surface area (Å²) in [5.74, 6) is -0.597. The molecular weight excluding hydrogens is 525 g/mol. The molecule has 7 nitrogen and oxygen atoms in total. The molecule has 2 aromatic heterocycles. The van der Waals surface area contributed by atoms with E-state index in [4.69, 9.17) is 11.6 Å². The van der Waals surface area contributed by atoms with Gasteiger partial charge in [0.2, 0.25) is 0 Å². The molecule has 0 saturated heterocycles. The Morgan fingerprint density at radius 1 is 1.30 bits per heavy atom. The number of alkyl halides is 3. The van der Waals surface area contributed by atoms with Crippen molar-refractivity contribution < 1.29 is 18.0 Å². The van der Waals surface area contributed by atoms with Crippen molar-refractivity contribution in [2.75, 3.05) is 12.4 Å². The summed E-state index contributed by atoms with van der Waals surface area (Å²) in [6, 6.07) is 4.43. The van der Waals surface area contributed by atoms with E-state index in [-0.39, 0.29) is 29.5 Å². The van der Waals surface area contributed by atoms with Gasteiger partial charge in [-0.1, -0.05) is 39.7 Å². The number of aromatic nitrogens is 4. The van der Waals surface area contributed by atoms with Gasteiger partial charge in [0.05, 0.1) is 11.7 Å². The van der Waals surface area contributed by atoms with Gasteiger partial charge in [0.15, 0.2) is 11.7 Å². The number of fused-ring (bicyclic) bond motifs is 1. The van der Waals surface area contributed by atoms with Crippen LogP contribution in [-0.4, -0.2) is 43.6 Å². The standard InChI is InChI=1S/C21H21BrClF3N6O/c1-11-13(10-31(3)28-11)9-30(2)20(33)18-17(23)19-27-15(12-4-6-14(22)7-5-12)8-16(21(24,25)26)32(19)29-18/h4-7,10,15-16,27H,8-9H2,1-3H3/t15-,16+/m1/s1. The largest absolute Gasteiger partial charge is 0.410 e. The first-order valence-corrected chi connectivity index (χ1v) is 11.2. The molecule has 176 valence electrons. The monoisotopic (exact) mass is 544 g/mol. The zero-order chi connectivity index (χ0) is 24.1. The van der Waals surface area contributed by atoms with Gasteiger partial charge in [-0.2, -0.15) is 23.4 Å². The predicted octanol–water partition coefficient (Wildman–Crippen LogP) is 5.27. The molecule has 3 aromatic rings. The Hall–Kier alpha value is -2.53. The minimum absolute atomic E-state index is 0.0209. The summed E-state index contributed by atoms with van der Waals surface area (Å²) in [7, 11) is 3.31. The lowest BCUT2D eigenvalue weighted by Crippen LogP contribution is -2.36. The van der Waals surface area contributed by atoms with E-state index in [2.05, 4.69) is 31.4 Å². The number of carbonyl (C=O) groups is 1. The second-order valence-electron chi connectivity index (χ2n) is 8.07. The van der Waals surface area contributed by atoms with Crippen LogP contribution in [0.1, 0.15) is 45.8 Å². The third-order valence-electron chi connectivity index (χ3n) is 5.64. The molecule has 1 amide bonds. The summed E-state index contributed by atoms with van der Waals surface area (Å²) < 4.78 is 45.1. The second-order valence-corrected chi connectivity index (χ2v) is 9.37. The molecular formula is C21H21BrClF3N6O. The Morgan fingerprint density at radius 2 is 1.97 bits per heavy atom. The second kappa shape index (κ2) is 8.68. The van der Waals surface area contributed by atoms with Gasteiger partial charge in [0.1, 0.15) is 10.8 Å². The van der Waals surface area contributed by atoms with Crippen LogP contribution in [0, 0.1) is 6.92 Å². The number of rotatable bonds is 4. The van der Waals surface area contributed by atoms with E-state index in [9.17, 15) is 18.0 Å². The number of halogens is 5. The fourth-order valence-corrected chi connectivity index (χ4v) is 4.48. The Labute approximate surface area is 201 Å². The van der Waals surface area contributed by atoms with Crippen LogP contribution in [0.4, 0.5) is 19.0 Å². The normalized spacial score (nSPS) is 18.1. The van der Waals surface area contributed by atoms with Crippen molar-refractivity contribution in [2.24, 2.45) is 7.05 Å². The topological polar surface area (TPSA) is 68.0 Å². The third-order valence-corrected chi connectivity index (χ3v) is 6.53. The van der Waals surface area contributed by atoms with Gasteiger partial charge in [-0.3, -0.25) is 9.48 Å². The van der Waals surface area contributed by atoms with E-state index in [0.29, 0.717) is 5.56 Å². The Morgan fingerprint density at radius 3 is 2.55 bits per heavy atom. The lowest BCUT2D eigenvalue weighted by Gasteiger charge is -2.33. The molecule has 0 spiro atoms. The van der Waals surface area contributed by atoms with Crippen LogP contribution in [0.25, 0.3) is 0 Å². The number of nitrogens with zero attached hydrogens (tertiary/aromatic N) is 5. The SMILES string of the molecule is Cc1nn(C)cc1CN(C)C(=O)c1nn2c(c1Cl)N[C@@H](c1ccc(Br)cc1)C[C@H]2C(F)(F)F. The van der Waals surface area contributed by atoms with Crippen LogP contribution in [0.3, 0.4) is 0 Å². The Kier molecular flexibility index (Phi) is 6.21. The molecule has 4 rings (SSSR count). The van der Waals surface area contributed by atoms with Crippen LogP contribution in [0.2, 0.25) is 5.02 Å². The van der Waals surface area contributed by atoms with E-state index >= 15 is 0 Å². The Balaban J connectivity index is 1.67. The fraction of sp³-hybridized carbons (Fsp3) is 0.381. The van der Waals surface area contributed by atoms with Crippen LogP contribution >= 0.6 is 27.5 Å². The molecule has 0 unspecified atom stereocenters. The molecule has 0 bridgehead atoms. The molecule has 1 aliphatic heterocycles. The highest BCUT2D eigenvalue weighted by atomic mass is 79.9. The number of hydrogen-bond donors (Lipinski definition) is 1. The third kappa shape index (κ3) is 4.61. The first kappa shape index (κ1) is 23.6. The first-order chi connectivity index (χ1) is 15.5. The maximum Gasteiger partial charge on any atom is 0.410 e. The molecule has 0 aliphatic carbocycles. The average Bonchev–Trinajstić information content (AvgIpc) is 3.24. The van der Waals surface area contributed by atoms with Crippen LogP contribution in [0.5, 0.6) is 0 Å². The number of benzene rings is 1. The van der Waals surface area contributed by atoms with Gasteiger partial charge in [-0.05, 0) is 24.6 Å². The van der Waals surface area contributed by atoms with Gasteiger partial charge in [0, 0.05) is 43.3 Å². The lowest BCUT2D eigenvalue weighted by atomic mass is 9.97. The number of hydrogen-bond acceptors (Lipinski definition) is 4. The van der Waals surface area contributed by atoms with Gasteiger partial charge in [0.25, 0.3) is 5.91 Å². The maximum absolute atomic E-state index is 14.0. The summed E-state index contributed by atoms with van der Waals surface area (Å²) >= 11 is 9.76. The van der Waals surface area contributed by atoms with Gasteiger partial charge in [-0.25, -0.2) is 4.68 Å². The van der Waals surface area contributed by atoms with Crippen LogP contribution < -0.4 is 5.32 Å². The summed E-state index contributed by atoms with van der Waals surface area (Å²) in [4.78, 5) is 14.4. The number of aryl methyl sites for hydroxylation is 2. The summed E-state index contributed by atoms with van der Waals surface area (Å²) in [6.45, 7) is 2.03. The highest BCUT2D eigenvalue weighted by Gasteiger charge is 2.48. The highest BCUT2D eigenvalue weighted by molar-refractivity contribution is 9.10. The number of anilines is 1. The molecule has 2 atom stereocenters. The molecule has 1 aliphatic rings. The van der Waals surface area contributed by atoms with Gasteiger partial charge >= 0.3 is 6.18 Å². The molecule has 1 aromatic carbocycles. The van der Waals surface area contributed by atoms with Crippen molar-refractivity contribution in [3.63, 3.8) is 0 Å². The summed E-state index contributed by atoms with van der Waals surface area (Å²) in [6.07, 6.45) is -3.07. The van der Waals surface area contributed by atoms with E-state index in [1.807, 2.05) is 6.92 Å². The van der Waals surface area contributed by atoms with E-state index in [1.54, 1.807) is 49.2 Å². The highest BCUT2D eigenvalue weighted by Crippen LogP contribution is 2.46. The molecule has 3 heterocycles. The Bertz CT molecular complexity index is 1190. The van der Waals surface area contributed by atoms with Gasteiger partial charge in [-0.15, -0.1) is 0 Å². The minimum Gasteiger partial charge on any atom is -0.362 e. The zero-order valence-electron chi connectivity index (χ0n) is 18.0. The number of carbonyl (C=O) groups excluding carboxylic acids is 1. The van der Waals surface area contributed by atoms with Crippen molar-refractivity contribution in [3.8, 4) is 0 Å². The van der Waals surface area contributed by atoms with Crippen molar-refractivity contribution in [1.29, 1.82) is 0 Å². The fourth-order valence-electron chi connectivity index (χ4n) is 3.95. The smallest absolute Gasteiger partial charge is 0.362 e. The zero-order valence-corrected chi connectivity index (χ0v) is 20.3. The van der Waals surface area contributed by atoms with Crippen molar-refractivity contribution in [2.45, 2.75) is 38.1 Å². The molecule has 33 heavy (non-hydrogen) atoms. The van der Waals surface area contributed by atoms with E-state index in [0.717, 1.165) is 20.4 Å². The van der Waals surface area contributed by atoms with Crippen molar-refractivity contribution in [1.82, 2.24) is 24.5 Å². The van der Waals surface area contributed by atoms with E-state index < -0.39 is 24.2 Å². The van der Waals surface area contributed by atoms with E-state index in [1.165, 1.54) is 4.90 Å². The van der Waals surface area contributed by atoms with Crippen molar-refractivity contribution in [3.05, 3.63) is 62.5 Å². The first-order valence-electron chi connectivity index (χ1n) is 10.1. The predicted molar refractivity (Wildman–Crippen MR) is 121 cm³/mol. The number of nitrogens with one attached hydrogen (secondary N) is 1. The molecule has 0 fully saturated rings. The summed E-state index contributed by atoms with van der Waals surface area (Å²) in [5.41, 5.74) is 2.01. The van der Waals surface area contributed by atoms with Crippen LogP contribution in [0.15, 0.2) is 34.9 Å². The minimum atomic E-state index is -4.57. The van der Waals surface area contributed by atoms with Crippen molar-refractivity contribution >= 4 is 39.3 Å². The summed E-state index contributed by atoms with van der Waals surface area (Å²) in [5, 5.41) is 11.2. The quantitative estimate of drug-likeness (QED) is 0.485. The number of amides is 1.